The molecule has 68 valence electrons. The maximum absolute atomic E-state index is 7.60. The second-order valence-electron chi connectivity index (χ2n) is 3.42. The molecule has 3 fully saturated rings. The molecule has 0 aromatic heterocycles. The first-order chi connectivity index (χ1) is 5.81. The van der Waals surface area contributed by atoms with Gasteiger partial charge < -0.3 is 4.74 Å². The zero-order valence-corrected chi connectivity index (χ0v) is 7.42. The first-order valence-electron chi connectivity index (χ1n) is 4.40. The van der Waals surface area contributed by atoms with Crippen LogP contribution in [-0.4, -0.2) is 61.6 Å². The Morgan fingerprint density at radius 3 is 2.42 bits per heavy atom. The normalized spacial score (nSPS) is 39.6. The molecule has 2 bridgehead atoms. The molecular formula is C8H15N3O. The third-order valence-corrected chi connectivity index (χ3v) is 2.80. The molecule has 0 aromatic carbocycles. The van der Waals surface area contributed by atoms with Crippen LogP contribution in [0.1, 0.15) is 0 Å². The molecule has 0 radical (unpaired) electrons. The number of nitrogens with zero attached hydrogens (tertiary/aromatic N) is 2. The Hall–Kier alpha value is -0.610. The minimum absolute atomic E-state index is 0.220. The Morgan fingerprint density at radius 1 is 1.33 bits per heavy atom. The van der Waals surface area contributed by atoms with Gasteiger partial charge in [-0.25, -0.2) is 0 Å². The van der Waals surface area contributed by atoms with Gasteiger partial charge in [0.1, 0.15) is 0 Å². The van der Waals surface area contributed by atoms with Gasteiger partial charge in [-0.3, -0.25) is 15.2 Å². The van der Waals surface area contributed by atoms with E-state index in [0.29, 0.717) is 5.90 Å². The average Bonchev–Trinajstić information content (AvgIpc) is 2.18. The van der Waals surface area contributed by atoms with E-state index in [1.54, 1.807) is 7.11 Å². The summed E-state index contributed by atoms with van der Waals surface area (Å²) in [4.78, 5) is 4.74. The number of rotatable bonds is 1. The molecule has 3 saturated heterocycles. The molecule has 0 aliphatic carbocycles. The average molecular weight is 169 g/mol. The summed E-state index contributed by atoms with van der Waals surface area (Å²) in [5.41, 5.74) is 0. The predicted molar refractivity (Wildman–Crippen MR) is 46.5 cm³/mol. The zero-order chi connectivity index (χ0) is 8.55. The Kier molecular flexibility index (Phi) is 2.02. The first-order valence-corrected chi connectivity index (χ1v) is 4.40. The highest BCUT2D eigenvalue weighted by Gasteiger charge is 2.34. The van der Waals surface area contributed by atoms with Gasteiger partial charge in [-0.1, -0.05) is 0 Å². The molecule has 3 aliphatic rings. The van der Waals surface area contributed by atoms with Crippen molar-refractivity contribution in [3.63, 3.8) is 0 Å². The number of fused-ring (bicyclic) bond motifs is 3. The maximum Gasteiger partial charge on any atom is 0.199 e. The van der Waals surface area contributed by atoms with Crippen LogP contribution in [0, 0.1) is 5.41 Å². The lowest BCUT2D eigenvalue weighted by atomic mass is 10.1. The fourth-order valence-corrected chi connectivity index (χ4v) is 2.00. The standard InChI is InChI=1S/C8H15N3O/c1-12-8(9)7-6-10-2-4-11(7)5-3-10/h7,9H,2-6H2,1H3. The summed E-state index contributed by atoms with van der Waals surface area (Å²) in [6, 6.07) is 0.220. The molecule has 3 heterocycles. The van der Waals surface area contributed by atoms with Gasteiger partial charge in [0, 0.05) is 32.7 Å². The van der Waals surface area contributed by atoms with E-state index in [1.807, 2.05) is 0 Å². The van der Waals surface area contributed by atoms with E-state index in [1.165, 1.54) is 0 Å². The zero-order valence-electron chi connectivity index (χ0n) is 7.42. The number of piperazine rings is 3. The van der Waals surface area contributed by atoms with Crippen molar-refractivity contribution in [1.82, 2.24) is 9.80 Å². The van der Waals surface area contributed by atoms with Gasteiger partial charge in [0.15, 0.2) is 5.90 Å². The van der Waals surface area contributed by atoms with Crippen molar-refractivity contribution in [3.8, 4) is 0 Å². The molecular weight excluding hydrogens is 154 g/mol. The molecule has 1 unspecified atom stereocenters. The molecule has 12 heavy (non-hydrogen) atoms. The molecule has 0 amide bonds. The lowest BCUT2D eigenvalue weighted by Gasteiger charge is -2.46. The van der Waals surface area contributed by atoms with Crippen LogP contribution in [0.4, 0.5) is 0 Å². The van der Waals surface area contributed by atoms with Gasteiger partial charge in [0.2, 0.25) is 0 Å². The lowest BCUT2D eigenvalue weighted by Crippen LogP contribution is -2.63. The first kappa shape index (κ1) is 8.01. The number of ether oxygens (including phenoxy) is 1. The van der Waals surface area contributed by atoms with Crippen LogP contribution in [-0.2, 0) is 4.74 Å². The number of hydrogen-bond donors (Lipinski definition) is 1. The quantitative estimate of drug-likeness (QED) is 0.429. The van der Waals surface area contributed by atoms with Gasteiger partial charge >= 0.3 is 0 Å². The third kappa shape index (κ3) is 1.21. The highest BCUT2D eigenvalue weighted by Crippen LogP contribution is 2.16. The Balaban J connectivity index is 2.03. The second-order valence-corrected chi connectivity index (χ2v) is 3.42. The highest BCUT2D eigenvalue weighted by molar-refractivity contribution is 5.79. The van der Waals surface area contributed by atoms with Crippen LogP contribution in [0.25, 0.3) is 0 Å². The summed E-state index contributed by atoms with van der Waals surface area (Å²) in [6.45, 7) is 5.49. The summed E-state index contributed by atoms with van der Waals surface area (Å²) >= 11 is 0. The molecule has 3 aliphatic heterocycles. The van der Waals surface area contributed by atoms with Crippen molar-refractivity contribution >= 4 is 5.90 Å². The minimum atomic E-state index is 0.220. The van der Waals surface area contributed by atoms with Crippen molar-refractivity contribution in [2.24, 2.45) is 0 Å². The van der Waals surface area contributed by atoms with Gasteiger partial charge in [0.25, 0.3) is 0 Å². The van der Waals surface area contributed by atoms with E-state index in [2.05, 4.69) is 9.80 Å². The van der Waals surface area contributed by atoms with E-state index >= 15 is 0 Å². The number of methoxy groups -OCH3 is 1. The van der Waals surface area contributed by atoms with Gasteiger partial charge in [0.05, 0.1) is 13.2 Å². The summed E-state index contributed by atoms with van der Waals surface area (Å²) in [6.07, 6.45) is 0. The molecule has 4 heteroatoms. The van der Waals surface area contributed by atoms with Crippen LogP contribution < -0.4 is 0 Å². The largest absolute Gasteiger partial charge is 0.483 e. The Bertz CT molecular complexity index is 187. The van der Waals surface area contributed by atoms with E-state index in [0.717, 1.165) is 32.7 Å². The van der Waals surface area contributed by atoms with Gasteiger partial charge in [-0.05, 0) is 0 Å². The van der Waals surface area contributed by atoms with E-state index in [9.17, 15) is 0 Å². The SMILES string of the molecule is COC(=N)C1CN2CCN1CC2. The molecule has 0 aromatic rings. The molecule has 3 rings (SSSR count). The second kappa shape index (κ2) is 3.03. The Labute approximate surface area is 72.6 Å². The van der Waals surface area contributed by atoms with Crippen LogP contribution in [0.2, 0.25) is 0 Å². The van der Waals surface area contributed by atoms with Crippen LogP contribution in [0.15, 0.2) is 0 Å². The van der Waals surface area contributed by atoms with Crippen molar-refractivity contribution in [1.29, 1.82) is 5.41 Å². The fraction of sp³-hybridized carbons (Fsp3) is 0.875. The summed E-state index contributed by atoms with van der Waals surface area (Å²) in [5.74, 6) is 0.416. The lowest BCUT2D eigenvalue weighted by molar-refractivity contribution is 0.0322. The van der Waals surface area contributed by atoms with Crippen molar-refractivity contribution in [2.45, 2.75) is 6.04 Å². The summed E-state index contributed by atoms with van der Waals surface area (Å²) in [7, 11) is 1.58. The fourth-order valence-electron chi connectivity index (χ4n) is 2.00. The molecule has 0 saturated carbocycles. The highest BCUT2D eigenvalue weighted by atomic mass is 16.5. The van der Waals surface area contributed by atoms with Gasteiger partial charge in [-0.2, -0.15) is 0 Å². The topological polar surface area (TPSA) is 39.6 Å². The minimum Gasteiger partial charge on any atom is -0.483 e. The maximum atomic E-state index is 7.60. The smallest absolute Gasteiger partial charge is 0.199 e. The van der Waals surface area contributed by atoms with Crippen molar-refractivity contribution in [2.75, 3.05) is 39.8 Å². The van der Waals surface area contributed by atoms with E-state index in [-0.39, 0.29) is 6.04 Å². The predicted octanol–water partition coefficient (Wildman–Crippen LogP) is -0.390. The van der Waals surface area contributed by atoms with E-state index in [4.69, 9.17) is 10.1 Å². The van der Waals surface area contributed by atoms with E-state index < -0.39 is 0 Å². The Morgan fingerprint density at radius 2 is 2.00 bits per heavy atom. The molecule has 4 nitrogen and oxygen atoms in total. The summed E-state index contributed by atoms with van der Waals surface area (Å²) in [5, 5.41) is 7.60. The number of hydrogen-bond acceptors (Lipinski definition) is 4. The van der Waals surface area contributed by atoms with Crippen molar-refractivity contribution < 1.29 is 4.74 Å². The summed E-state index contributed by atoms with van der Waals surface area (Å²) < 4.78 is 4.96. The third-order valence-electron chi connectivity index (χ3n) is 2.80. The molecule has 1 atom stereocenters. The van der Waals surface area contributed by atoms with Crippen LogP contribution in [0.3, 0.4) is 0 Å². The molecule has 1 N–H and O–H groups in total. The van der Waals surface area contributed by atoms with Crippen LogP contribution in [0.5, 0.6) is 0 Å². The number of nitrogens with one attached hydrogen (secondary N) is 1. The van der Waals surface area contributed by atoms with Crippen molar-refractivity contribution in [3.05, 3.63) is 0 Å². The molecule has 0 spiro atoms. The monoisotopic (exact) mass is 169 g/mol. The van der Waals surface area contributed by atoms with Gasteiger partial charge in [-0.15, -0.1) is 0 Å². The van der Waals surface area contributed by atoms with Crippen LogP contribution >= 0.6 is 0 Å².